The number of nitrogens with zero attached hydrogens (tertiary/aromatic N) is 4. The fraction of sp³-hybridized carbons (Fsp3) is 0.435. The number of imidazole rings is 1. The van der Waals surface area contributed by atoms with Crippen LogP contribution in [0.4, 0.5) is 22.0 Å². The Morgan fingerprint density at radius 1 is 1.21 bits per heavy atom. The smallest absolute Gasteiger partial charge is 0.339 e. The number of benzene rings is 1. The maximum Gasteiger partial charge on any atom is 0.419 e. The molecule has 0 spiro atoms. The van der Waals surface area contributed by atoms with Gasteiger partial charge < -0.3 is 9.47 Å². The summed E-state index contributed by atoms with van der Waals surface area (Å²) in [6.45, 7) is 1.01. The average molecular weight is 482 g/mol. The third-order valence-electron chi connectivity index (χ3n) is 5.79. The largest absolute Gasteiger partial charge is 0.419 e. The molecule has 2 heterocycles. The van der Waals surface area contributed by atoms with E-state index in [9.17, 15) is 31.5 Å². The van der Waals surface area contributed by atoms with Crippen molar-refractivity contribution >= 4 is 11.4 Å². The highest BCUT2D eigenvalue weighted by atomic mass is 19.4. The van der Waals surface area contributed by atoms with Crippen molar-refractivity contribution in [1.82, 2.24) is 18.9 Å². The maximum atomic E-state index is 13.8. The van der Waals surface area contributed by atoms with Crippen LogP contribution in [0.1, 0.15) is 43.5 Å². The number of amides is 1. The molecule has 1 saturated carbocycles. The molecule has 6 nitrogen and oxygen atoms in total. The molecule has 1 fully saturated rings. The molecule has 4 rings (SSSR count). The highest BCUT2D eigenvalue weighted by Gasteiger charge is 2.35. The highest BCUT2D eigenvalue weighted by Crippen LogP contribution is 2.41. The average Bonchev–Trinajstić information content (AvgIpc) is 3.55. The number of rotatable bonds is 8. The molecule has 0 radical (unpaired) electrons. The molecule has 1 amide bonds. The lowest BCUT2D eigenvalue weighted by molar-refractivity contribution is -0.140. The summed E-state index contributed by atoms with van der Waals surface area (Å²) < 4.78 is 69.2. The zero-order valence-electron chi connectivity index (χ0n) is 18.4. The van der Waals surface area contributed by atoms with Gasteiger partial charge in [-0.25, -0.2) is 13.8 Å². The molecule has 182 valence electrons. The second-order valence-electron chi connectivity index (χ2n) is 8.30. The summed E-state index contributed by atoms with van der Waals surface area (Å²) in [6, 6.07) is 2.49. The van der Waals surface area contributed by atoms with Crippen LogP contribution in [-0.2, 0) is 17.5 Å². The van der Waals surface area contributed by atoms with E-state index in [1.54, 1.807) is 6.20 Å². The number of carbonyl (C=O) groups is 1. The Kier molecular flexibility index (Phi) is 6.46. The molecule has 0 N–H and O–H groups in total. The number of hydrogen-bond donors (Lipinski definition) is 0. The Bertz CT molecular complexity index is 1270. The van der Waals surface area contributed by atoms with Gasteiger partial charge in [0, 0.05) is 37.0 Å². The van der Waals surface area contributed by atoms with Gasteiger partial charge in [0.2, 0.25) is 5.91 Å². The van der Waals surface area contributed by atoms with Gasteiger partial charge in [0.05, 0.1) is 5.56 Å². The van der Waals surface area contributed by atoms with E-state index in [-0.39, 0.29) is 35.8 Å². The van der Waals surface area contributed by atoms with Crippen molar-refractivity contribution in [3.05, 3.63) is 58.2 Å². The van der Waals surface area contributed by atoms with E-state index in [4.69, 9.17) is 0 Å². The number of halogens is 5. The SMILES string of the molecule is CCCN(CCF)C(=O)Cn1ccn2c(C3CC3)nc(-c3ccc(F)c(C(F)(F)F)c3)c2c1=O. The van der Waals surface area contributed by atoms with Crippen LogP contribution in [0, 0.1) is 5.82 Å². The number of fused-ring (bicyclic) bond motifs is 1. The van der Waals surface area contributed by atoms with Gasteiger partial charge in [0.1, 0.15) is 36.1 Å². The van der Waals surface area contributed by atoms with E-state index >= 15 is 0 Å². The van der Waals surface area contributed by atoms with E-state index in [2.05, 4.69) is 4.98 Å². The van der Waals surface area contributed by atoms with Gasteiger partial charge in [0.25, 0.3) is 5.56 Å². The van der Waals surface area contributed by atoms with Crippen LogP contribution in [-0.4, -0.2) is 44.5 Å². The molecule has 1 aromatic carbocycles. The summed E-state index contributed by atoms with van der Waals surface area (Å²) in [5, 5.41) is 0. The van der Waals surface area contributed by atoms with Gasteiger partial charge in [-0.15, -0.1) is 0 Å². The van der Waals surface area contributed by atoms with Gasteiger partial charge in [-0.05, 0) is 37.5 Å². The van der Waals surface area contributed by atoms with Gasteiger partial charge in [-0.1, -0.05) is 6.92 Å². The molecule has 34 heavy (non-hydrogen) atoms. The zero-order chi connectivity index (χ0) is 24.6. The Morgan fingerprint density at radius 3 is 2.56 bits per heavy atom. The first kappa shape index (κ1) is 23.9. The lowest BCUT2D eigenvalue weighted by atomic mass is 10.1. The van der Waals surface area contributed by atoms with E-state index in [0.29, 0.717) is 30.9 Å². The molecule has 3 aromatic rings. The molecular formula is C23H23F5N4O2. The van der Waals surface area contributed by atoms with Crippen molar-refractivity contribution in [2.24, 2.45) is 0 Å². The molecule has 11 heteroatoms. The first-order chi connectivity index (χ1) is 16.2. The van der Waals surface area contributed by atoms with Crippen LogP contribution in [0.25, 0.3) is 16.8 Å². The van der Waals surface area contributed by atoms with Crippen LogP contribution in [0.5, 0.6) is 0 Å². The molecule has 0 aliphatic heterocycles. The fourth-order valence-electron chi connectivity index (χ4n) is 3.98. The normalized spacial score (nSPS) is 14.1. The number of carbonyl (C=O) groups excluding carboxylic acids is 1. The summed E-state index contributed by atoms with van der Waals surface area (Å²) in [4.78, 5) is 31.8. The summed E-state index contributed by atoms with van der Waals surface area (Å²) in [6.07, 6.45) is 0.306. The standard InChI is InChI=1S/C23H23F5N4O2/c1-2-8-30(9-7-24)18(33)13-31-10-11-32-20(22(31)34)19(29-21(32)14-3-4-14)15-5-6-17(25)16(12-15)23(26,27)28/h5-6,10-12,14H,2-4,7-9,13H2,1H3. The Balaban J connectivity index is 1.83. The molecule has 2 aromatic heterocycles. The molecule has 0 bridgehead atoms. The summed E-state index contributed by atoms with van der Waals surface area (Å²) in [5.41, 5.74) is -2.13. The van der Waals surface area contributed by atoms with Gasteiger partial charge in [-0.2, -0.15) is 13.2 Å². The van der Waals surface area contributed by atoms with Crippen molar-refractivity contribution in [2.75, 3.05) is 19.8 Å². The third kappa shape index (κ3) is 4.55. The second-order valence-corrected chi connectivity index (χ2v) is 8.30. The lowest BCUT2D eigenvalue weighted by Crippen LogP contribution is -2.38. The van der Waals surface area contributed by atoms with Crippen molar-refractivity contribution in [2.45, 2.75) is 44.8 Å². The highest BCUT2D eigenvalue weighted by molar-refractivity contribution is 5.79. The maximum absolute atomic E-state index is 13.8. The molecule has 1 aliphatic carbocycles. The molecular weight excluding hydrogens is 459 g/mol. The number of alkyl halides is 4. The second kappa shape index (κ2) is 9.19. The molecule has 0 unspecified atom stereocenters. The minimum Gasteiger partial charge on any atom is -0.339 e. The molecule has 0 atom stereocenters. The first-order valence-corrected chi connectivity index (χ1v) is 11.0. The zero-order valence-corrected chi connectivity index (χ0v) is 18.4. The van der Waals surface area contributed by atoms with E-state index in [1.807, 2.05) is 6.92 Å². The van der Waals surface area contributed by atoms with Crippen LogP contribution in [0.3, 0.4) is 0 Å². The van der Waals surface area contributed by atoms with Crippen molar-refractivity contribution in [1.29, 1.82) is 0 Å². The van der Waals surface area contributed by atoms with Crippen LogP contribution in [0.15, 0.2) is 35.4 Å². The topological polar surface area (TPSA) is 59.6 Å². The van der Waals surface area contributed by atoms with Crippen LogP contribution >= 0.6 is 0 Å². The minimum absolute atomic E-state index is 0.00413. The summed E-state index contributed by atoms with van der Waals surface area (Å²) >= 11 is 0. The molecule has 1 aliphatic rings. The number of hydrogen-bond acceptors (Lipinski definition) is 3. The summed E-state index contributed by atoms with van der Waals surface area (Å²) in [7, 11) is 0. The van der Waals surface area contributed by atoms with E-state index < -0.39 is 35.7 Å². The fourth-order valence-corrected chi connectivity index (χ4v) is 3.98. The summed E-state index contributed by atoms with van der Waals surface area (Å²) in [5.74, 6) is -1.28. The number of aromatic nitrogens is 3. The Hall–Kier alpha value is -3.24. The van der Waals surface area contributed by atoms with E-state index in [0.717, 1.165) is 23.5 Å². The quantitative estimate of drug-likeness (QED) is 0.447. The van der Waals surface area contributed by atoms with Gasteiger partial charge in [-0.3, -0.25) is 14.0 Å². The predicted octanol–water partition coefficient (Wildman–Crippen LogP) is 4.41. The minimum atomic E-state index is -4.92. The van der Waals surface area contributed by atoms with Crippen molar-refractivity contribution in [3.63, 3.8) is 0 Å². The Morgan fingerprint density at radius 2 is 1.94 bits per heavy atom. The third-order valence-corrected chi connectivity index (χ3v) is 5.79. The van der Waals surface area contributed by atoms with Crippen LogP contribution < -0.4 is 5.56 Å². The molecule has 0 saturated heterocycles. The van der Waals surface area contributed by atoms with Gasteiger partial charge in [0.15, 0.2) is 0 Å². The van der Waals surface area contributed by atoms with Crippen molar-refractivity contribution in [3.8, 4) is 11.3 Å². The van der Waals surface area contributed by atoms with E-state index in [1.165, 1.54) is 15.5 Å². The van der Waals surface area contributed by atoms with Crippen molar-refractivity contribution < 1.29 is 26.7 Å². The lowest BCUT2D eigenvalue weighted by Gasteiger charge is -2.21. The van der Waals surface area contributed by atoms with Gasteiger partial charge >= 0.3 is 6.18 Å². The Labute approximate surface area is 191 Å². The predicted molar refractivity (Wildman–Crippen MR) is 115 cm³/mol. The van der Waals surface area contributed by atoms with Crippen LogP contribution in [0.2, 0.25) is 0 Å². The first-order valence-electron chi connectivity index (χ1n) is 11.0. The monoisotopic (exact) mass is 482 g/mol.